The first-order valence-corrected chi connectivity index (χ1v) is 4.29. The molecular weight excluding hydrogens is 158 g/mol. The van der Waals surface area contributed by atoms with Crippen LogP contribution in [0.2, 0.25) is 0 Å². The minimum absolute atomic E-state index is 0.171. The van der Waals surface area contributed by atoms with Crippen LogP contribution in [0.1, 0.15) is 6.42 Å². The minimum atomic E-state index is -0.171. The molecule has 0 spiro atoms. The van der Waals surface area contributed by atoms with E-state index in [2.05, 4.69) is 10.1 Å². The molecule has 0 aliphatic carbocycles. The lowest BCUT2D eigenvalue weighted by Gasteiger charge is -2.07. The van der Waals surface area contributed by atoms with Crippen molar-refractivity contribution in [2.75, 3.05) is 32.9 Å². The molecule has 2 N–H and O–H groups in total. The van der Waals surface area contributed by atoms with Crippen molar-refractivity contribution < 1.29 is 19.9 Å². The average Bonchev–Trinajstić information content (AvgIpc) is 2.60. The molecule has 2 rings (SSSR count). The summed E-state index contributed by atoms with van der Waals surface area (Å²) in [5, 5.41) is 12.2. The summed E-state index contributed by atoms with van der Waals surface area (Å²) in [6, 6.07) is 0. The molecule has 12 heavy (non-hydrogen) atoms. The van der Waals surface area contributed by atoms with Gasteiger partial charge in [-0.1, -0.05) is 6.08 Å². The summed E-state index contributed by atoms with van der Waals surface area (Å²) in [5.74, 6) is -0.171. The van der Waals surface area contributed by atoms with Gasteiger partial charge in [-0.25, -0.2) is 0 Å². The summed E-state index contributed by atoms with van der Waals surface area (Å²) < 4.78 is 9.50. The van der Waals surface area contributed by atoms with Gasteiger partial charge in [0.15, 0.2) is 0 Å². The number of ether oxygens (including phenoxy) is 2. The number of hydrogen-bond donors (Lipinski definition) is 1. The van der Waals surface area contributed by atoms with E-state index < -0.39 is 0 Å². The van der Waals surface area contributed by atoms with Crippen molar-refractivity contribution in [3.05, 3.63) is 12.0 Å². The predicted octanol–water partition coefficient (Wildman–Crippen LogP) is -1.81. The molecule has 0 aromatic rings. The fourth-order valence-corrected chi connectivity index (χ4v) is 0.975. The van der Waals surface area contributed by atoms with Crippen molar-refractivity contribution in [2.24, 2.45) is 0 Å². The lowest BCUT2D eigenvalue weighted by molar-refractivity contribution is -0.670. The molecule has 2 heterocycles. The third kappa shape index (κ3) is 4.20. The summed E-state index contributed by atoms with van der Waals surface area (Å²) in [5.41, 5.74) is 0. The van der Waals surface area contributed by atoms with Gasteiger partial charge in [0.25, 0.3) is 0 Å². The Morgan fingerprint density at radius 1 is 1.25 bits per heavy atom. The minimum Gasteiger partial charge on any atom is -0.613 e. The van der Waals surface area contributed by atoms with Gasteiger partial charge >= 0.3 is 0 Å². The maximum absolute atomic E-state index is 9.97. The van der Waals surface area contributed by atoms with Crippen molar-refractivity contribution in [3.8, 4) is 0 Å². The van der Waals surface area contributed by atoms with Gasteiger partial charge in [-0.15, -0.1) is 0 Å². The maximum Gasteiger partial charge on any atom is 0.0993 e. The van der Waals surface area contributed by atoms with Crippen LogP contribution in [0.15, 0.2) is 12.0 Å². The van der Waals surface area contributed by atoms with E-state index >= 15 is 0 Å². The van der Waals surface area contributed by atoms with E-state index in [0.717, 1.165) is 32.7 Å². The van der Waals surface area contributed by atoms with E-state index in [-0.39, 0.29) is 5.95 Å². The molecule has 4 nitrogen and oxygen atoms in total. The molecule has 2 aliphatic heterocycles. The second-order valence-corrected chi connectivity index (χ2v) is 2.64. The SMILES string of the molecule is C1COCC[NH2+]1.[O-]C1=CCCO1. The summed E-state index contributed by atoms with van der Waals surface area (Å²) in [6.45, 7) is 4.78. The van der Waals surface area contributed by atoms with Gasteiger partial charge in [-0.2, -0.15) is 0 Å². The van der Waals surface area contributed by atoms with E-state index in [4.69, 9.17) is 4.74 Å². The number of rotatable bonds is 0. The van der Waals surface area contributed by atoms with Crippen molar-refractivity contribution in [2.45, 2.75) is 6.42 Å². The van der Waals surface area contributed by atoms with Crippen molar-refractivity contribution in [1.82, 2.24) is 0 Å². The normalized spacial score (nSPS) is 21.8. The molecule has 0 radical (unpaired) electrons. The number of hydrogen-bond acceptors (Lipinski definition) is 3. The van der Waals surface area contributed by atoms with E-state index in [1.54, 1.807) is 6.08 Å². The number of morpholine rings is 1. The maximum atomic E-state index is 9.97. The molecule has 0 saturated carbocycles. The van der Waals surface area contributed by atoms with E-state index in [0.29, 0.717) is 6.61 Å². The molecule has 0 amide bonds. The van der Waals surface area contributed by atoms with Crippen LogP contribution in [0.3, 0.4) is 0 Å². The molecule has 1 fully saturated rings. The van der Waals surface area contributed by atoms with Gasteiger partial charge in [-0.3, -0.25) is 0 Å². The Morgan fingerprint density at radius 3 is 2.17 bits per heavy atom. The summed E-state index contributed by atoms with van der Waals surface area (Å²) in [4.78, 5) is 0. The van der Waals surface area contributed by atoms with Crippen LogP contribution in [-0.4, -0.2) is 32.9 Å². The monoisotopic (exact) mass is 173 g/mol. The standard InChI is InChI=1S/C4H9NO.C4H6O2/c1-3-6-4-2-5-1;5-4-2-1-3-6-4/h5H,1-4H2;2,5H,1,3H2. The van der Waals surface area contributed by atoms with Gasteiger partial charge in [0.05, 0.1) is 26.3 Å². The van der Waals surface area contributed by atoms with E-state index in [9.17, 15) is 5.11 Å². The van der Waals surface area contributed by atoms with Crippen LogP contribution in [-0.2, 0) is 9.47 Å². The Bertz CT molecular complexity index is 132. The molecular formula is C8H15NO3. The second-order valence-electron chi connectivity index (χ2n) is 2.64. The van der Waals surface area contributed by atoms with Crippen molar-refractivity contribution in [3.63, 3.8) is 0 Å². The molecule has 0 atom stereocenters. The molecule has 0 aromatic carbocycles. The first-order valence-electron chi connectivity index (χ1n) is 4.29. The van der Waals surface area contributed by atoms with Crippen LogP contribution < -0.4 is 10.4 Å². The first-order chi connectivity index (χ1) is 5.89. The topological polar surface area (TPSA) is 58.1 Å². The van der Waals surface area contributed by atoms with Gasteiger partial charge < -0.3 is 19.9 Å². The average molecular weight is 173 g/mol. The van der Waals surface area contributed by atoms with Gasteiger partial charge in [-0.05, 0) is 13.0 Å². The van der Waals surface area contributed by atoms with E-state index in [1.807, 2.05) is 0 Å². The van der Waals surface area contributed by atoms with E-state index in [1.165, 1.54) is 0 Å². The zero-order valence-electron chi connectivity index (χ0n) is 7.12. The number of nitrogens with two attached hydrogens (primary N) is 1. The highest BCUT2D eigenvalue weighted by atomic mass is 16.6. The largest absolute Gasteiger partial charge is 0.613 e. The molecule has 4 heteroatoms. The molecule has 0 bridgehead atoms. The Balaban J connectivity index is 0.000000120. The molecule has 1 saturated heterocycles. The Kier molecular flexibility index (Phi) is 4.56. The van der Waals surface area contributed by atoms with Gasteiger partial charge in [0, 0.05) is 5.95 Å². The highest BCUT2D eigenvalue weighted by molar-refractivity contribution is 4.84. The molecule has 0 unspecified atom stereocenters. The summed E-state index contributed by atoms with van der Waals surface area (Å²) >= 11 is 0. The Hall–Kier alpha value is -0.740. The molecule has 70 valence electrons. The van der Waals surface area contributed by atoms with Crippen LogP contribution in [0, 0.1) is 0 Å². The van der Waals surface area contributed by atoms with Crippen molar-refractivity contribution in [1.29, 1.82) is 0 Å². The zero-order valence-corrected chi connectivity index (χ0v) is 7.12. The van der Waals surface area contributed by atoms with Crippen LogP contribution in [0.5, 0.6) is 0 Å². The van der Waals surface area contributed by atoms with Crippen LogP contribution >= 0.6 is 0 Å². The van der Waals surface area contributed by atoms with Crippen LogP contribution in [0.25, 0.3) is 0 Å². The van der Waals surface area contributed by atoms with Gasteiger partial charge in [0.1, 0.15) is 0 Å². The molecule has 0 aromatic heterocycles. The molecule has 2 aliphatic rings. The van der Waals surface area contributed by atoms with Crippen molar-refractivity contribution >= 4 is 0 Å². The van der Waals surface area contributed by atoms with Crippen LogP contribution in [0.4, 0.5) is 0 Å². The third-order valence-electron chi connectivity index (χ3n) is 1.61. The lowest BCUT2D eigenvalue weighted by atomic mass is 10.5. The third-order valence-corrected chi connectivity index (χ3v) is 1.61. The van der Waals surface area contributed by atoms with Gasteiger partial charge in [0.2, 0.25) is 0 Å². The zero-order chi connectivity index (χ0) is 8.65. The summed E-state index contributed by atoms with van der Waals surface area (Å²) in [7, 11) is 0. The second kappa shape index (κ2) is 5.85. The number of quaternary nitrogens is 1. The lowest BCUT2D eigenvalue weighted by Crippen LogP contribution is -2.87. The first kappa shape index (κ1) is 9.35. The Labute approximate surface area is 72.2 Å². The fourth-order valence-electron chi connectivity index (χ4n) is 0.975. The fraction of sp³-hybridized carbons (Fsp3) is 0.750. The highest BCUT2D eigenvalue weighted by Crippen LogP contribution is 1.99. The smallest absolute Gasteiger partial charge is 0.0993 e. The highest BCUT2D eigenvalue weighted by Gasteiger charge is 1.96. The predicted molar refractivity (Wildman–Crippen MR) is 41.1 cm³/mol. The summed E-state index contributed by atoms with van der Waals surface area (Å²) in [6.07, 6.45) is 2.33. The Morgan fingerprint density at radius 2 is 2.00 bits per heavy atom. The quantitative estimate of drug-likeness (QED) is 0.469.